The van der Waals surface area contributed by atoms with Crippen molar-refractivity contribution in [2.45, 2.75) is 13.8 Å². The Balaban J connectivity index is 1.55. The van der Waals surface area contributed by atoms with Crippen molar-refractivity contribution in [3.8, 4) is 17.2 Å². The SMILES string of the molecule is Cc1cc(C=NNC(=O)c2cc3ccccc3cc2O)c(C)n1-c1ccc(O)cc1. The second kappa shape index (κ2) is 7.75. The van der Waals surface area contributed by atoms with Crippen LogP contribution in [0.1, 0.15) is 27.3 Å². The molecule has 1 heterocycles. The molecule has 4 aromatic rings. The number of nitrogens with zero attached hydrogens (tertiary/aromatic N) is 2. The topological polar surface area (TPSA) is 86.9 Å². The summed E-state index contributed by atoms with van der Waals surface area (Å²) in [6.07, 6.45) is 1.58. The number of hydrogen-bond acceptors (Lipinski definition) is 4. The maximum Gasteiger partial charge on any atom is 0.275 e. The average Bonchev–Trinajstić information content (AvgIpc) is 3.01. The standard InChI is InChI=1S/C24H21N3O3/c1-15-11-19(16(2)27(15)20-7-9-21(28)10-8-20)14-25-26-24(30)22-12-17-5-3-4-6-18(17)13-23(22)29/h3-14,28-29H,1-2H3,(H,26,30). The first-order valence-corrected chi connectivity index (χ1v) is 9.47. The van der Waals surface area contributed by atoms with Gasteiger partial charge in [0, 0.05) is 22.6 Å². The number of nitrogens with one attached hydrogen (secondary N) is 1. The fourth-order valence-electron chi connectivity index (χ4n) is 3.55. The molecule has 150 valence electrons. The molecule has 0 unspecified atom stereocenters. The first-order valence-electron chi connectivity index (χ1n) is 9.47. The molecule has 30 heavy (non-hydrogen) atoms. The average molecular weight is 399 g/mol. The fraction of sp³-hybridized carbons (Fsp3) is 0.0833. The molecule has 0 aliphatic heterocycles. The van der Waals surface area contributed by atoms with Crippen LogP contribution in [0, 0.1) is 13.8 Å². The number of amides is 1. The lowest BCUT2D eigenvalue weighted by molar-refractivity contribution is 0.0952. The number of benzene rings is 3. The summed E-state index contributed by atoms with van der Waals surface area (Å²) in [5, 5.41) is 25.5. The van der Waals surface area contributed by atoms with Crippen molar-refractivity contribution in [2.24, 2.45) is 5.10 Å². The summed E-state index contributed by atoms with van der Waals surface area (Å²) in [5.74, 6) is -0.364. The van der Waals surface area contributed by atoms with Crippen molar-refractivity contribution >= 4 is 22.9 Å². The van der Waals surface area contributed by atoms with E-state index in [1.54, 1.807) is 30.5 Å². The van der Waals surface area contributed by atoms with E-state index in [0.29, 0.717) is 0 Å². The number of phenols is 2. The first-order chi connectivity index (χ1) is 14.4. The van der Waals surface area contributed by atoms with Gasteiger partial charge in [-0.1, -0.05) is 24.3 Å². The Kier molecular flexibility index (Phi) is 4.98. The number of aryl methyl sites for hydroxylation is 1. The zero-order chi connectivity index (χ0) is 21.3. The number of aromatic hydroxyl groups is 2. The molecule has 3 aromatic carbocycles. The third-order valence-electron chi connectivity index (χ3n) is 5.06. The number of fused-ring (bicyclic) bond motifs is 1. The largest absolute Gasteiger partial charge is 0.508 e. The van der Waals surface area contributed by atoms with E-state index in [1.165, 1.54) is 0 Å². The van der Waals surface area contributed by atoms with Gasteiger partial charge in [0.1, 0.15) is 11.5 Å². The number of carbonyl (C=O) groups excluding carboxylic acids is 1. The fourth-order valence-corrected chi connectivity index (χ4v) is 3.55. The van der Waals surface area contributed by atoms with Crippen molar-refractivity contribution in [1.29, 1.82) is 0 Å². The highest BCUT2D eigenvalue weighted by molar-refractivity contribution is 6.01. The van der Waals surface area contributed by atoms with Gasteiger partial charge in [-0.15, -0.1) is 0 Å². The quantitative estimate of drug-likeness (QED) is 0.351. The molecule has 0 radical (unpaired) electrons. The number of rotatable bonds is 4. The molecule has 1 amide bonds. The molecule has 4 rings (SSSR count). The highest BCUT2D eigenvalue weighted by Crippen LogP contribution is 2.25. The van der Waals surface area contributed by atoms with E-state index in [-0.39, 0.29) is 17.1 Å². The summed E-state index contributed by atoms with van der Waals surface area (Å²) in [7, 11) is 0. The van der Waals surface area contributed by atoms with E-state index in [2.05, 4.69) is 10.5 Å². The highest BCUT2D eigenvalue weighted by Gasteiger charge is 2.13. The second-order valence-electron chi connectivity index (χ2n) is 7.09. The zero-order valence-corrected chi connectivity index (χ0v) is 16.6. The normalized spacial score (nSPS) is 11.3. The second-order valence-corrected chi connectivity index (χ2v) is 7.09. The molecule has 0 aliphatic rings. The summed E-state index contributed by atoms with van der Waals surface area (Å²) < 4.78 is 2.04. The lowest BCUT2D eigenvalue weighted by atomic mass is 10.1. The third-order valence-corrected chi connectivity index (χ3v) is 5.06. The minimum absolute atomic E-state index is 0.0908. The Labute approximate surface area is 173 Å². The summed E-state index contributed by atoms with van der Waals surface area (Å²) in [5.41, 5.74) is 6.37. The van der Waals surface area contributed by atoms with Crippen molar-refractivity contribution in [3.05, 3.63) is 89.2 Å². The van der Waals surface area contributed by atoms with Gasteiger partial charge in [-0.2, -0.15) is 5.10 Å². The van der Waals surface area contributed by atoms with E-state index in [9.17, 15) is 15.0 Å². The van der Waals surface area contributed by atoms with Crippen LogP contribution in [0.15, 0.2) is 71.8 Å². The minimum atomic E-state index is -0.484. The minimum Gasteiger partial charge on any atom is -0.508 e. The van der Waals surface area contributed by atoms with Gasteiger partial charge in [-0.25, -0.2) is 5.43 Å². The molecule has 6 heteroatoms. The van der Waals surface area contributed by atoms with Crippen LogP contribution in [-0.2, 0) is 0 Å². The van der Waals surface area contributed by atoms with Gasteiger partial charge in [0.05, 0.1) is 11.8 Å². The summed E-state index contributed by atoms with van der Waals surface area (Å²) in [6, 6.07) is 19.6. The molecular weight excluding hydrogens is 378 g/mol. The Morgan fingerprint density at radius 1 is 0.967 bits per heavy atom. The molecular formula is C24H21N3O3. The first kappa shape index (κ1) is 19.3. The predicted molar refractivity (Wildman–Crippen MR) is 118 cm³/mol. The predicted octanol–water partition coefficient (Wildman–Crippen LogP) is 4.42. The van der Waals surface area contributed by atoms with E-state index in [4.69, 9.17) is 0 Å². The lowest BCUT2D eigenvalue weighted by Crippen LogP contribution is -2.17. The zero-order valence-electron chi connectivity index (χ0n) is 16.6. The van der Waals surface area contributed by atoms with Crippen LogP contribution < -0.4 is 5.43 Å². The number of aromatic nitrogens is 1. The third kappa shape index (κ3) is 3.63. The Morgan fingerprint density at radius 2 is 1.63 bits per heavy atom. The van der Waals surface area contributed by atoms with Gasteiger partial charge in [0.15, 0.2) is 0 Å². The van der Waals surface area contributed by atoms with Gasteiger partial charge in [-0.3, -0.25) is 4.79 Å². The van der Waals surface area contributed by atoms with Crippen molar-refractivity contribution < 1.29 is 15.0 Å². The van der Waals surface area contributed by atoms with Gasteiger partial charge in [-0.05, 0) is 67.1 Å². The van der Waals surface area contributed by atoms with Crippen molar-refractivity contribution in [3.63, 3.8) is 0 Å². The van der Waals surface area contributed by atoms with E-state index >= 15 is 0 Å². The summed E-state index contributed by atoms with van der Waals surface area (Å²) in [4.78, 5) is 12.5. The molecule has 0 spiro atoms. The molecule has 6 nitrogen and oxygen atoms in total. The smallest absolute Gasteiger partial charge is 0.275 e. The number of phenolic OH excluding ortho intramolecular Hbond substituents is 2. The van der Waals surface area contributed by atoms with Crippen LogP contribution in [0.4, 0.5) is 0 Å². The van der Waals surface area contributed by atoms with Crippen LogP contribution >= 0.6 is 0 Å². The van der Waals surface area contributed by atoms with Gasteiger partial charge in [0.2, 0.25) is 0 Å². The van der Waals surface area contributed by atoms with Crippen molar-refractivity contribution in [2.75, 3.05) is 0 Å². The van der Waals surface area contributed by atoms with Crippen LogP contribution in [0.25, 0.3) is 16.5 Å². The van der Waals surface area contributed by atoms with Crippen LogP contribution in [0.5, 0.6) is 11.5 Å². The van der Waals surface area contributed by atoms with Crippen molar-refractivity contribution in [1.82, 2.24) is 9.99 Å². The molecule has 0 atom stereocenters. The van der Waals surface area contributed by atoms with Crippen LogP contribution in [0.3, 0.4) is 0 Å². The maximum absolute atomic E-state index is 12.5. The summed E-state index contributed by atoms with van der Waals surface area (Å²) >= 11 is 0. The number of hydrogen-bond donors (Lipinski definition) is 3. The van der Waals surface area contributed by atoms with Crippen LogP contribution in [-0.4, -0.2) is 26.9 Å². The Hall–Kier alpha value is -4.06. The summed E-state index contributed by atoms with van der Waals surface area (Å²) in [6.45, 7) is 3.93. The number of carbonyl (C=O) groups is 1. The molecule has 1 aromatic heterocycles. The molecule has 0 bridgehead atoms. The van der Waals surface area contributed by atoms with Gasteiger partial charge >= 0.3 is 0 Å². The number of hydrazone groups is 1. The van der Waals surface area contributed by atoms with Crippen LogP contribution in [0.2, 0.25) is 0 Å². The van der Waals surface area contributed by atoms with Gasteiger partial charge < -0.3 is 14.8 Å². The molecule has 0 aliphatic carbocycles. The molecule has 3 N–H and O–H groups in total. The molecule has 0 saturated carbocycles. The Morgan fingerprint density at radius 3 is 2.33 bits per heavy atom. The molecule has 0 fully saturated rings. The van der Waals surface area contributed by atoms with Gasteiger partial charge in [0.25, 0.3) is 5.91 Å². The maximum atomic E-state index is 12.5. The van der Waals surface area contributed by atoms with E-state index in [0.717, 1.165) is 33.4 Å². The molecule has 0 saturated heterocycles. The lowest BCUT2D eigenvalue weighted by Gasteiger charge is -2.09. The van der Waals surface area contributed by atoms with E-state index < -0.39 is 5.91 Å². The Bertz CT molecular complexity index is 1270. The van der Waals surface area contributed by atoms with E-state index in [1.807, 2.05) is 60.9 Å². The monoisotopic (exact) mass is 399 g/mol. The highest BCUT2D eigenvalue weighted by atomic mass is 16.3.